The van der Waals surface area contributed by atoms with Gasteiger partial charge in [0.2, 0.25) is 0 Å². The lowest BCUT2D eigenvalue weighted by Crippen LogP contribution is -1.94. The summed E-state index contributed by atoms with van der Waals surface area (Å²) in [5, 5.41) is 7.54. The largest absolute Gasteiger partial charge is 0.309 e. The lowest BCUT2D eigenvalue weighted by atomic mass is 9.96. The van der Waals surface area contributed by atoms with Gasteiger partial charge in [-0.3, -0.25) is 0 Å². The van der Waals surface area contributed by atoms with Gasteiger partial charge in [-0.1, -0.05) is 158 Å². The van der Waals surface area contributed by atoms with E-state index in [4.69, 9.17) is 0 Å². The normalized spacial score (nSPS) is 11.7. The van der Waals surface area contributed by atoms with E-state index in [-0.39, 0.29) is 0 Å². The van der Waals surface area contributed by atoms with E-state index in [1.54, 1.807) is 0 Å². The lowest BCUT2D eigenvalue weighted by molar-refractivity contribution is 1.18. The fourth-order valence-corrected chi connectivity index (χ4v) is 9.37. The van der Waals surface area contributed by atoms with Crippen molar-refractivity contribution >= 4 is 54.4 Å². The first-order valence-corrected chi connectivity index (χ1v) is 20.7. The molecule has 0 amide bonds. The number of hydrogen-bond donors (Lipinski definition) is 0. The van der Waals surface area contributed by atoms with Gasteiger partial charge < -0.3 is 9.13 Å². The minimum atomic E-state index is 1.16. The molecule has 0 aliphatic carbocycles. The second-order valence-corrected chi connectivity index (χ2v) is 15.8. The summed E-state index contributed by atoms with van der Waals surface area (Å²) in [4.78, 5) is 0. The Morgan fingerprint density at radius 2 is 0.617 bits per heavy atom. The van der Waals surface area contributed by atoms with Crippen LogP contribution in [0.4, 0.5) is 0 Å². The van der Waals surface area contributed by atoms with E-state index in [1.807, 2.05) is 0 Å². The van der Waals surface area contributed by atoms with E-state index >= 15 is 0 Å². The highest BCUT2D eigenvalue weighted by Crippen LogP contribution is 2.38. The molecule has 12 rings (SSSR count). The van der Waals surface area contributed by atoms with Crippen LogP contribution in [0.25, 0.3) is 110 Å². The van der Waals surface area contributed by atoms with Crippen molar-refractivity contribution < 1.29 is 0 Å². The smallest absolute Gasteiger partial charge is 0.0541 e. The van der Waals surface area contributed by atoms with Gasteiger partial charge in [-0.05, 0) is 128 Å². The van der Waals surface area contributed by atoms with Crippen LogP contribution in [0.15, 0.2) is 231 Å². The Labute approximate surface area is 348 Å². The van der Waals surface area contributed by atoms with Crippen LogP contribution >= 0.6 is 0 Å². The van der Waals surface area contributed by atoms with Crippen molar-refractivity contribution in [3.8, 4) is 55.9 Å². The van der Waals surface area contributed by atoms with E-state index in [0.717, 1.165) is 5.69 Å². The molecule has 2 aromatic heterocycles. The van der Waals surface area contributed by atoms with Crippen molar-refractivity contribution in [2.75, 3.05) is 0 Å². The van der Waals surface area contributed by atoms with Crippen molar-refractivity contribution in [1.82, 2.24) is 9.13 Å². The van der Waals surface area contributed by atoms with Crippen LogP contribution in [0.5, 0.6) is 0 Å². The Morgan fingerprint density at radius 1 is 0.200 bits per heavy atom. The first-order valence-electron chi connectivity index (χ1n) is 20.7. The van der Waals surface area contributed by atoms with Crippen LogP contribution in [0.3, 0.4) is 0 Å². The Kier molecular flexibility index (Phi) is 7.89. The monoisotopic (exact) mass is 762 g/mol. The molecule has 0 saturated carbocycles. The molecule has 2 heteroatoms. The van der Waals surface area contributed by atoms with Gasteiger partial charge in [0, 0.05) is 32.9 Å². The summed E-state index contributed by atoms with van der Waals surface area (Å²) in [5.74, 6) is 0. The quantitative estimate of drug-likeness (QED) is 0.160. The maximum atomic E-state index is 2.41. The molecule has 2 heterocycles. The number of nitrogens with zero attached hydrogens (tertiary/aromatic N) is 2. The molecule has 0 aliphatic heterocycles. The van der Waals surface area contributed by atoms with Crippen LogP contribution in [0.1, 0.15) is 0 Å². The molecule has 0 radical (unpaired) electrons. The summed E-state index contributed by atoms with van der Waals surface area (Å²) < 4.78 is 4.78. The van der Waals surface area contributed by atoms with E-state index < -0.39 is 0 Å². The highest BCUT2D eigenvalue weighted by atomic mass is 15.0. The summed E-state index contributed by atoms with van der Waals surface area (Å²) in [6.45, 7) is 0. The summed E-state index contributed by atoms with van der Waals surface area (Å²) in [6.07, 6.45) is 0. The third-order valence-electron chi connectivity index (χ3n) is 12.3. The van der Waals surface area contributed by atoms with E-state index in [0.29, 0.717) is 0 Å². The fourth-order valence-electron chi connectivity index (χ4n) is 9.37. The number of hydrogen-bond acceptors (Lipinski definition) is 0. The number of rotatable bonds is 6. The predicted octanol–water partition coefficient (Wildman–Crippen LogP) is 15.7. The molecule has 0 aliphatic rings. The fraction of sp³-hybridized carbons (Fsp3) is 0. The molecule has 280 valence electrons. The minimum Gasteiger partial charge on any atom is -0.309 e. The molecule has 0 unspecified atom stereocenters. The Balaban J connectivity index is 0.879. The van der Waals surface area contributed by atoms with Gasteiger partial charge in [0.15, 0.2) is 0 Å². The van der Waals surface area contributed by atoms with Gasteiger partial charge in [-0.25, -0.2) is 0 Å². The van der Waals surface area contributed by atoms with Crippen molar-refractivity contribution in [1.29, 1.82) is 0 Å². The van der Waals surface area contributed by atoms with Crippen LogP contribution < -0.4 is 0 Å². The van der Waals surface area contributed by atoms with Gasteiger partial charge in [0.25, 0.3) is 0 Å². The SMILES string of the molecule is c1ccc(-n2c3ccccc3c3cc(-c4ccc(-c5cccc(-c6ccc7c(c6)c6ccccc6n7-c6cccc(-c7ccc8ccccc8c7)c6)c5)cc4)ccc32)cc1. The number of aromatic nitrogens is 2. The highest BCUT2D eigenvalue weighted by molar-refractivity contribution is 6.11. The van der Waals surface area contributed by atoms with Crippen LogP contribution in [-0.4, -0.2) is 9.13 Å². The van der Waals surface area contributed by atoms with Gasteiger partial charge in [0.1, 0.15) is 0 Å². The summed E-state index contributed by atoms with van der Waals surface area (Å²) >= 11 is 0. The first kappa shape index (κ1) is 34.1. The van der Waals surface area contributed by atoms with E-state index in [1.165, 1.54) is 105 Å². The maximum Gasteiger partial charge on any atom is 0.0541 e. The van der Waals surface area contributed by atoms with Gasteiger partial charge in [-0.2, -0.15) is 0 Å². The second-order valence-electron chi connectivity index (χ2n) is 15.8. The average molecular weight is 763 g/mol. The number of benzene rings is 10. The van der Waals surface area contributed by atoms with Crippen molar-refractivity contribution in [2.45, 2.75) is 0 Å². The zero-order chi connectivity index (χ0) is 39.6. The van der Waals surface area contributed by atoms with Crippen LogP contribution in [0, 0.1) is 0 Å². The molecule has 12 aromatic rings. The molecule has 10 aromatic carbocycles. The van der Waals surface area contributed by atoms with E-state index in [2.05, 4.69) is 240 Å². The van der Waals surface area contributed by atoms with E-state index in [9.17, 15) is 0 Å². The van der Waals surface area contributed by atoms with Crippen molar-refractivity contribution in [2.24, 2.45) is 0 Å². The molecule has 0 spiro atoms. The predicted molar refractivity (Wildman–Crippen MR) is 254 cm³/mol. The first-order chi connectivity index (χ1) is 29.7. The van der Waals surface area contributed by atoms with Gasteiger partial charge >= 0.3 is 0 Å². The third kappa shape index (κ3) is 5.65. The van der Waals surface area contributed by atoms with Crippen LogP contribution in [0.2, 0.25) is 0 Å². The Hall–Kier alpha value is -7.94. The van der Waals surface area contributed by atoms with Gasteiger partial charge in [-0.15, -0.1) is 0 Å². The van der Waals surface area contributed by atoms with Crippen molar-refractivity contribution in [3.63, 3.8) is 0 Å². The Morgan fingerprint density at radius 3 is 1.28 bits per heavy atom. The van der Waals surface area contributed by atoms with Crippen molar-refractivity contribution in [3.05, 3.63) is 231 Å². The average Bonchev–Trinajstić information content (AvgIpc) is 3.84. The molecule has 0 bridgehead atoms. The lowest BCUT2D eigenvalue weighted by Gasteiger charge is -2.11. The second kappa shape index (κ2) is 13.9. The molecule has 0 atom stereocenters. The minimum absolute atomic E-state index is 1.16. The molecule has 2 nitrogen and oxygen atoms in total. The van der Waals surface area contributed by atoms with Gasteiger partial charge in [0.05, 0.1) is 22.1 Å². The topological polar surface area (TPSA) is 9.86 Å². The summed E-state index contributed by atoms with van der Waals surface area (Å²) in [7, 11) is 0. The molecular formula is C58H38N2. The van der Waals surface area contributed by atoms with Crippen LogP contribution in [-0.2, 0) is 0 Å². The zero-order valence-electron chi connectivity index (χ0n) is 32.8. The molecule has 0 N–H and O–H groups in total. The third-order valence-corrected chi connectivity index (χ3v) is 12.3. The molecule has 0 fully saturated rings. The molecule has 0 saturated heterocycles. The zero-order valence-corrected chi connectivity index (χ0v) is 32.8. The Bertz CT molecular complexity index is 3590. The maximum absolute atomic E-state index is 2.41. The molecular weight excluding hydrogens is 725 g/mol. The molecule has 60 heavy (non-hydrogen) atoms. The number of fused-ring (bicyclic) bond motifs is 7. The summed E-state index contributed by atoms with van der Waals surface area (Å²) in [6, 6.07) is 84.2. The standard InChI is InChI=1S/C58H38N2/c1-2-17-49(18-3-1)59-55-22-8-6-20-51(55)53-37-47(30-32-57(53)59)41-26-24-40(25-27-41)43-14-10-15-44(34-43)48-31-33-58-54(38-48)52-21-7-9-23-56(52)60(58)50-19-11-16-45(36-50)46-29-28-39-12-4-5-13-42(39)35-46/h1-38H. The number of para-hydroxylation sites is 3. The summed E-state index contributed by atoms with van der Waals surface area (Å²) in [5.41, 5.74) is 16.8. The highest BCUT2D eigenvalue weighted by Gasteiger charge is 2.16.